The van der Waals surface area contributed by atoms with Gasteiger partial charge in [-0.25, -0.2) is 0 Å². The highest BCUT2D eigenvalue weighted by Crippen LogP contribution is 2.28. The van der Waals surface area contributed by atoms with Crippen LogP contribution in [0.4, 0.5) is 0 Å². The molecule has 1 aromatic carbocycles. The van der Waals surface area contributed by atoms with E-state index in [-0.39, 0.29) is 11.9 Å². The number of rotatable bonds is 2. The third-order valence-electron chi connectivity index (χ3n) is 4.53. The molecule has 0 fully saturated rings. The Labute approximate surface area is 140 Å². The molecule has 4 rings (SSSR count). The van der Waals surface area contributed by atoms with E-state index < -0.39 is 0 Å². The number of nitrogens with one attached hydrogen (secondary N) is 1. The summed E-state index contributed by atoms with van der Waals surface area (Å²) < 4.78 is 2.14. The molecule has 0 bridgehead atoms. The van der Waals surface area contributed by atoms with Crippen LogP contribution in [0.3, 0.4) is 0 Å². The number of aryl methyl sites for hydroxylation is 1. The molecule has 1 aliphatic rings. The summed E-state index contributed by atoms with van der Waals surface area (Å²) in [7, 11) is 0. The Morgan fingerprint density at radius 2 is 2.00 bits per heavy atom. The maximum Gasteiger partial charge on any atom is 0.256 e. The lowest BCUT2D eigenvalue weighted by atomic mass is 10.1. The molecular formula is C18H19N5O. The van der Waals surface area contributed by atoms with E-state index in [0.717, 1.165) is 28.5 Å². The number of aromatic amines is 1. The van der Waals surface area contributed by atoms with Gasteiger partial charge < -0.3 is 14.5 Å². The van der Waals surface area contributed by atoms with Crippen molar-refractivity contribution in [1.29, 1.82) is 0 Å². The minimum absolute atomic E-state index is 0.0381. The molecule has 6 nitrogen and oxygen atoms in total. The van der Waals surface area contributed by atoms with Crippen LogP contribution in [0.5, 0.6) is 0 Å². The van der Waals surface area contributed by atoms with Crippen molar-refractivity contribution in [2.75, 3.05) is 6.54 Å². The van der Waals surface area contributed by atoms with Crippen LogP contribution in [0.1, 0.15) is 34.8 Å². The molecule has 0 radical (unpaired) electrons. The third kappa shape index (κ3) is 2.31. The van der Waals surface area contributed by atoms with Crippen LogP contribution in [0, 0.1) is 6.92 Å². The monoisotopic (exact) mass is 321 g/mol. The molecule has 3 aromatic rings. The standard InChI is InChI=1S/C18H19N5O/c1-12-10-22(18(24)15-8-9-19-13(15)2)11-16-20-21-17(23(12)16)14-6-4-3-5-7-14/h3-9,12,19H,10-11H2,1-2H3/t12-/m0/s1. The molecule has 0 saturated heterocycles. The predicted molar refractivity (Wildman–Crippen MR) is 90.4 cm³/mol. The van der Waals surface area contributed by atoms with Crippen molar-refractivity contribution in [1.82, 2.24) is 24.6 Å². The highest BCUT2D eigenvalue weighted by molar-refractivity contribution is 5.95. The Morgan fingerprint density at radius 3 is 2.71 bits per heavy atom. The first-order valence-electron chi connectivity index (χ1n) is 8.07. The van der Waals surface area contributed by atoms with Gasteiger partial charge in [-0.05, 0) is 19.9 Å². The van der Waals surface area contributed by atoms with Crippen molar-refractivity contribution in [2.24, 2.45) is 0 Å². The van der Waals surface area contributed by atoms with E-state index in [0.29, 0.717) is 13.1 Å². The smallest absolute Gasteiger partial charge is 0.256 e. The molecule has 1 N–H and O–H groups in total. The van der Waals surface area contributed by atoms with E-state index in [9.17, 15) is 4.79 Å². The van der Waals surface area contributed by atoms with Gasteiger partial charge in [0, 0.05) is 24.0 Å². The summed E-state index contributed by atoms with van der Waals surface area (Å²) in [4.78, 5) is 17.7. The van der Waals surface area contributed by atoms with E-state index >= 15 is 0 Å². The van der Waals surface area contributed by atoms with E-state index in [1.54, 1.807) is 6.20 Å². The molecule has 0 unspecified atom stereocenters. The number of hydrogen-bond donors (Lipinski definition) is 1. The first kappa shape index (κ1) is 14.7. The lowest BCUT2D eigenvalue weighted by molar-refractivity contribution is 0.0681. The lowest BCUT2D eigenvalue weighted by Gasteiger charge is -2.32. The summed E-state index contributed by atoms with van der Waals surface area (Å²) in [5, 5.41) is 8.69. The molecule has 0 aliphatic carbocycles. The van der Waals surface area contributed by atoms with Gasteiger partial charge in [-0.3, -0.25) is 4.79 Å². The minimum Gasteiger partial charge on any atom is -0.365 e. The second kappa shape index (κ2) is 5.63. The Hall–Kier alpha value is -2.89. The van der Waals surface area contributed by atoms with E-state index in [1.807, 2.05) is 48.2 Å². The molecule has 0 saturated carbocycles. The second-order valence-electron chi connectivity index (χ2n) is 6.23. The number of amides is 1. The van der Waals surface area contributed by atoms with Gasteiger partial charge in [0.2, 0.25) is 0 Å². The molecule has 1 atom stereocenters. The maximum absolute atomic E-state index is 12.8. The lowest BCUT2D eigenvalue weighted by Crippen LogP contribution is -2.40. The van der Waals surface area contributed by atoms with Crippen molar-refractivity contribution >= 4 is 5.91 Å². The molecule has 1 amide bonds. The Kier molecular flexibility index (Phi) is 3.45. The number of nitrogens with zero attached hydrogens (tertiary/aromatic N) is 4. The molecule has 0 spiro atoms. The van der Waals surface area contributed by atoms with Crippen molar-refractivity contribution in [3.8, 4) is 11.4 Å². The number of fused-ring (bicyclic) bond motifs is 1. The molecular weight excluding hydrogens is 302 g/mol. The maximum atomic E-state index is 12.8. The van der Waals surface area contributed by atoms with Crippen molar-refractivity contribution in [2.45, 2.75) is 26.4 Å². The molecule has 6 heteroatoms. The summed E-state index contributed by atoms with van der Waals surface area (Å²) in [6.45, 7) is 5.14. The van der Waals surface area contributed by atoms with Crippen LogP contribution in [0.2, 0.25) is 0 Å². The van der Waals surface area contributed by atoms with Gasteiger partial charge in [-0.1, -0.05) is 30.3 Å². The van der Waals surface area contributed by atoms with E-state index in [1.165, 1.54) is 0 Å². The highest BCUT2D eigenvalue weighted by Gasteiger charge is 2.30. The molecule has 24 heavy (non-hydrogen) atoms. The van der Waals surface area contributed by atoms with Crippen LogP contribution < -0.4 is 0 Å². The summed E-state index contributed by atoms with van der Waals surface area (Å²) in [6, 6.07) is 12.0. The van der Waals surface area contributed by atoms with Crippen LogP contribution in [-0.2, 0) is 6.54 Å². The fourth-order valence-corrected chi connectivity index (χ4v) is 3.32. The Morgan fingerprint density at radius 1 is 1.21 bits per heavy atom. The number of H-pyrrole nitrogens is 1. The fraction of sp³-hybridized carbons (Fsp3) is 0.278. The van der Waals surface area contributed by atoms with E-state index in [2.05, 4.69) is 26.7 Å². The zero-order chi connectivity index (χ0) is 16.7. The number of carbonyl (C=O) groups is 1. The fourth-order valence-electron chi connectivity index (χ4n) is 3.32. The average Bonchev–Trinajstić information content (AvgIpc) is 3.21. The van der Waals surface area contributed by atoms with Gasteiger partial charge in [0.15, 0.2) is 11.6 Å². The second-order valence-corrected chi connectivity index (χ2v) is 6.23. The number of carbonyl (C=O) groups excluding carboxylic acids is 1. The van der Waals surface area contributed by atoms with Crippen LogP contribution in [0.15, 0.2) is 42.6 Å². The molecule has 1 aliphatic heterocycles. The number of benzene rings is 1. The Bertz CT molecular complexity index is 880. The summed E-state index contributed by atoms with van der Waals surface area (Å²) >= 11 is 0. The van der Waals surface area contributed by atoms with E-state index in [4.69, 9.17) is 0 Å². The van der Waals surface area contributed by atoms with Crippen LogP contribution in [-0.4, -0.2) is 37.1 Å². The van der Waals surface area contributed by atoms with Crippen molar-refractivity contribution < 1.29 is 4.79 Å². The predicted octanol–water partition coefficient (Wildman–Crippen LogP) is 2.80. The van der Waals surface area contributed by atoms with Crippen LogP contribution in [0.25, 0.3) is 11.4 Å². The Balaban J connectivity index is 1.66. The first-order chi connectivity index (χ1) is 11.6. The van der Waals surface area contributed by atoms with Gasteiger partial charge in [0.05, 0.1) is 18.2 Å². The number of aromatic nitrogens is 4. The molecule has 2 aromatic heterocycles. The quantitative estimate of drug-likeness (QED) is 0.789. The first-order valence-corrected chi connectivity index (χ1v) is 8.07. The van der Waals surface area contributed by atoms with Gasteiger partial charge in [0.1, 0.15) is 0 Å². The van der Waals surface area contributed by atoms with Crippen LogP contribution >= 0.6 is 0 Å². The van der Waals surface area contributed by atoms with Crippen molar-refractivity contribution in [3.63, 3.8) is 0 Å². The zero-order valence-corrected chi connectivity index (χ0v) is 13.7. The largest absolute Gasteiger partial charge is 0.365 e. The summed E-state index contributed by atoms with van der Waals surface area (Å²) in [6.07, 6.45) is 1.80. The van der Waals surface area contributed by atoms with Gasteiger partial charge >= 0.3 is 0 Å². The summed E-state index contributed by atoms with van der Waals surface area (Å²) in [5.74, 6) is 1.73. The molecule has 3 heterocycles. The normalized spacial score (nSPS) is 16.9. The zero-order valence-electron chi connectivity index (χ0n) is 13.7. The third-order valence-corrected chi connectivity index (χ3v) is 4.53. The van der Waals surface area contributed by atoms with Crippen molar-refractivity contribution in [3.05, 3.63) is 59.7 Å². The summed E-state index contributed by atoms with van der Waals surface area (Å²) in [5.41, 5.74) is 2.66. The minimum atomic E-state index is 0.0381. The molecule has 122 valence electrons. The van der Waals surface area contributed by atoms with Gasteiger partial charge in [-0.2, -0.15) is 0 Å². The number of hydrogen-bond acceptors (Lipinski definition) is 3. The topological polar surface area (TPSA) is 66.8 Å². The highest BCUT2D eigenvalue weighted by atomic mass is 16.2. The van der Waals surface area contributed by atoms with Gasteiger partial charge in [0.25, 0.3) is 5.91 Å². The SMILES string of the molecule is Cc1[nH]ccc1C(=O)N1Cc2nnc(-c3ccccc3)n2[C@@H](C)C1. The average molecular weight is 321 g/mol. The van der Waals surface area contributed by atoms with Gasteiger partial charge in [-0.15, -0.1) is 10.2 Å².